The molecule has 0 saturated heterocycles. The highest BCUT2D eigenvalue weighted by Crippen LogP contribution is 2.23. The van der Waals surface area contributed by atoms with Crippen LogP contribution in [0.25, 0.3) is 17.2 Å². The number of benzene rings is 1. The molecule has 0 unspecified atom stereocenters. The van der Waals surface area contributed by atoms with Gasteiger partial charge in [0, 0.05) is 23.3 Å². The maximum atomic E-state index is 14.2. The molecule has 0 bridgehead atoms. The lowest BCUT2D eigenvalue weighted by molar-refractivity contribution is -0.136. The molecular weight excluding hydrogens is 496 g/mol. The van der Waals surface area contributed by atoms with Crippen LogP contribution in [0.3, 0.4) is 0 Å². The van der Waals surface area contributed by atoms with Gasteiger partial charge in [0.25, 0.3) is 5.91 Å². The van der Waals surface area contributed by atoms with E-state index in [0.29, 0.717) is 10.6 Å². The molecule has 4 rings (SSSR count). The number of hydrogen-bond donors (Lipinski definition) is 1. The quantitative estimate of drug-likeness (QED) is 0.381. The molecule has 0 spiro atoms. The Balaban J connectivity index is 1.76. The maximum Gasteiger partial charge on any atom is 0.390 e. The summed E-state index contributed by atoms with van der Waals surface area (Å²) in [5, 5.41) is 8.53. The van der Waals surface area contributed by atoms with Gasteiger partial charge in [0.05, 0.1) is 6.42 Å². The van der Waals surface area contributed by atoms with Crippen LogP contribution in [0.15, 0.2) is 47.4 Å². The zero-order valence-corrected chi connectivity index (χ0v) is 18.3. The normalized spacial score (nSPS) is 11.7. The Bertz CT molecular complexity index is 1440. The lowest BCUT2D eigenvalue weighted by Crippen LogP contribution is -2.27. The summed E-state index contributed by atoms with van der Waals surface area (Å²) >= 11 is 5.88. The fraction of sp³-hybridized carbons (Fsp3) is 0.200. The van der Waals surface area contributed by atoms with E-state index in [1.807, 2.05) is 0 Å². The van der Waals surface area contributed by atoms with Gasteiger partial charge in [-0.25, -0.2) is 23.8 Å². The van der Waals surface area contributed by atoms with Crippen molar-refractivity contribution in [3.05, 3.63) is 75.6 Å². The molecule has 182 valence electrons. The highest BCUT2D eigenvalue weighted by atomic mass is 35.5. The summed E-state index contributed by atoms with van der Waals surface area (Å²) in [6.45, 7) is -1.13. The number of primary amides is 1. The number of nitrogens with zero attached hydrogens (tertiary/aromatic N) is 7. The molecule has 3 aromatic heterocycles. The van der Waals surface area contributed by atoms with Gasteiger partial charge in [-0.05, 0) is 36.4 Å². The molecule has 1 aromatic carbocycles. The number of alkyl halides is 3. The van der Waals surface area contributed by atoms with Gasteiger partial charge in [-0.1, -0.05) is 11.6 Å². The number of amides is 1. The van der Waals surface area contributed by atoms with E-state index in [-0.39, 0.29) is 17.5 Å². The van der Waals surface area contributed by atoms with Crippen LogP contribution in [0, 0.1) is 5.82 Å². The summed E-state index contributed by atoms with van der Waals surface area (Å²) in [5.74, 6) is -2.89. The van der Waals surface area contributed by atoms with E-state index in [0.717, 1.165) is 20.0 Å². The molecular formula is C20H15ClF4N8O2. The van der Waals surface area contributed by atoms with Gasteiger partial charge in [0.15, 0.2) is 23.3 Å². The Morgan fingerprint density at radius 1 is 1.11 bits per heavy atom. The molecule has 10 nitrogen and oxygen atoms in total. The predicted molar refractivity (Wildman–Crippen MR) is 114 cm³/mol. The Hall–Kier alpha value is -4.07. The summed E-state index contributed by atoms with van der Waals surface area (Å²) in [7, 11) is 0. The molecule has 0 aliphatic rings. The Kier molecular flexibility index (Phi) is 6.39. The van der Waals surface area contributed by atoms with E-state index in [1.165, 1.54) is 36.5 Å². The van der Waals surface area contributed by atoms with E-state index in [4.69, 9.17) is 17.3 Å². The molecule has 4 aromatic rings. The van der Waals surface area contributed by atoms with Crippen molar-refractivity contribution in [2.24, 2.45) is 5.73 Å². The van der Waals surface area contributed by atoms with Crippen LogP contribution in [-0.2, 0) is 13.1 Å². The monoisotopic (exact) mass is 510 g/mol. The average Bonchev–Trinajstić information content (AvgIpc) is 3.34. The first-order chi connectivity index (χ1) is 16.5. The molecule has 0 aliphatic carbocycles. The fourth-order valence-corrected chi connectivity index (χ4v) is 3.32. The molecule has 35 heavy (non-hydrogen) atoms. The zero-order chi connectivity index (χ0) is 25.3. The third-order valence-electron chi connectivity index (χ3n) is 4.75. The Morgan fingerprint density at radius 3 is 2.46 bits per heavy atom. The zero-order valence-electron chi connectivity index (χ0n) is 17.6. The van der Waals surface area contributed by atoms with Gasteiger partial charge < -0.3 is 5.73 Å². The van der Waals surface area contributed by atoms with E-state index in [1.54, 1.807) is 0 Å². The lowest BCUT2D eigenvalue weighted by atomic mass is 10.2. The van der Waals surface area contributed by atoms with Crippen LogP contribution in [-0.4, -0.2) is 46.2 Å². The minimum Gasteiger partial charge on any atom is -0.363 e. The van der Waals surface area contributed by atoms with Gasteiger partial charge in [-0.3, -0.25) is 9.36 Å². The first-order valence-electron chi connectivity index (χ1n) is 9.90. The summed E-state index contributed by atoms with van der Waals surface area (Å²) < 4.78 is 55.3. The third kappa shape index (κ3) is 5.21. The number of halogens is 5. The third-order valence-corrected chi connectivity index (χ3v) is 5.00. The topological polar surface area (TPSA) is 127 Å². The van der Waals surface area contributed by atoms with Crippen LogP contribution < -0.4 is 11.4 Å². The Morgan fingerprint density at radius 2 is 1.83 bits per heavy atom. The molecule has 0 atom stereocenters. The second-order valence-corrected chi connectivity index (χ2v) is 7.66. The fourth-order valence-electron chi connectivity index (χ4n) is 3.19. The minimum absolute atomic E-state index is 0.0405. The first-order valence-corrected chi connectivity index (χ1v) is 10.3. The smallest absolute Gasteiger partial charge is 0.363 e. The number of hydrogen-bond acceptors (Lipinski definition) is 6. The molecule has 0 saturated carbocycles. The Labute approximate surface area is 198 Å². The SMILES string of the molecule is NC(=O)c1nc(Cn2nc(-c3ccc(Cl)cc3)n(CCC(F)(F)F)c2=O)nn1-c1ncccc1F. The molecule has 15 heteroatoms. The maximum absolute atomic E-state index is 14.2. The first kappa shape index (κ1) is 24.1. The van der Waals surface area contributed by atoms with Crippen molar-refractivity contribution in [1.82, 2.24) is 34.1 Å². The van der Waals surface area contributed by atoms with E-state index in [9.17, 15) is 27.2 Å². The number of nitrogens with two attached hydrogens (primary N) is 1. The van der Waals surface area contributed by atoms with Crippen molar-refractivity contribution >= 4 is 17.5 Å². The standard InChI is InChI=1S/C20H15ClF4N8O2/c21-12-5-3-11(4-6-12)16-30-32(19(35)31(16)9-7-20(23,24)25)10-14-28-18(15(26)34)33(29-14)17-13(22)2-1-8-27-17/h1-6,8H,7,9-10H2,(H2,26,34). The van der Waals surface area contributed by atoms with Gasteiger partial charge in [0.2, 0.25) is 5.82 Å². The number of carbonyl (C=O) groups is 1. The largest absolute Gasteiger partial charge is 0.390 e. The van der Waals surface area contributed by atoms with Gasteiger partial charge in [-0.15, -0.1) is 10.2 Å². The van der Waals surface area contributed by atoms with Gasteiger partial charge in [-0.2, -0.15) is 17.9 Å². The molecule has 3 heterocycles. The van der Waals surface area contributed by atoms with Gasteiger partial charge in [0.1, 0.15) is 6.54 Å². The molecule has 0 aliphatic heterocycles. The van der Waals surface area contributed by atoms with Crippen molar-refractivity contribution in [3.8, 4) is 17.2 Å². The summed E-state index contributed by atoms with van der Waals surface area (Å²) in [5.41, 5.74) is 4.79. The van der Waals surface area contributed by atoms with Crippen LogP contribution in [0.5, 0.6) is 0 Å². The highest BCUT2D eigenvalue weighted by Gasteiger charge is 2.29. The number of pyridine rings is 1. The average molecular weight is 511 g/mol. The van der Waals surface area contributed by atoms with Gasteiger partial charge >= 0.3 is 11.9 Å². The summed E-state index contributed by atoms with van der Waals surface area (Å²) in [6.07, 6.45) is -4.52. The van der Waals surface area contributed by atoms with E-state index < -0.39 is 48.9 Å². The van der Waals surface area contributed by atoms with Crippen LogP contribution in [0.1, 0.15) is 22.9 Å². The van der Waals surface area contributed by atoms with E-state index in [2.05, 4.69) is 20.2 Å². The lowest BCUT2D eigenvalue weighted by Gasteiger charge is -2.08. The molecule has 0 fully saturated rings. The number of aromatic nitrogens is 7. The van der Waals surface area contributed by atoms with Crippen LogP contribution in [0.2, 0.25) is 5.02 Å². The van der Waals surface area contributed by atoms with Crippen molar-refractivity contribution in [2.45, 2.75) is 25.7 Å². The minimum atomic E-state index is -4.51. The molecule has 1 amide bonds. The van der Waals surface area contributed by atoms with E-state index >= 15 is 0 Å². The second kappa shape index (κ2) is 9.29. The van der Waals surface area contributed by atoms with Crippen molar-refractivity contribution in [2.75, 3.05) is 0 Å². The van der Waals surface area contributed by atoms with Crippen molar-refractivity contribution in [3.63, 3.8) is 0 Å². The number of rotatable bonds is 7. The highest BCUT2D eigenvalue weighted by molar-refractivity contribution is 6.30. The van der Waals surface area contributed by atoms with Crippen molar-refractivity contribution < 1.29 is 22.4 Å². The van der Waals surface area contributed by atoms with Crippen LogP contribution in [0.4, 0.5) is 17.6 Å². The summed E-state index contributed by atoms with van der Waals surface area (Å²) in [4.78, 5) is 32.5. The molecule has 0 radical (unpaired) electrons. The summed E-state index contributed by atoms with van der Waals surface area (Å²) in [6, 6.07) is 8.41. The van der Waals surface area contributed by atoms with Crippen LogP contribution >= 0.6 is 11.6 Å². The second-order valence-electron chi connectivity index (χ2n) is 7.22. The predicted octanol–water partition coefficient (Wildman–Crippen LogP) is 2.58. The molecule has 2 N–H and O–H groups in total. The van der Waals surface area contributed by atoms with Crippen molar-refractivity contribution in [1.29, 1.82) is 0 Å². The number of carbonyl (C=O) groups excluding carboxylic acids is 1.